The summed E-state index contributed by atoms with van der Waals surface area (Å²) in [6.45, 7) is 1.23. The molecule has 1 aliphatic rings. The lowest BCUT2D eigenvalue weighted by Crippen LogP contribution is -2.11. The molecule has 1 aliphatic carbocycles. The molecule has 1 aromatic carbocycles. The van der Waals surface area contributed by atoms with E-state index in [1.165, 1.54) is 6.08 Å². The highest BCUT2D eigenvalue weighted by Crippen LogP contribution is 2.30. The average Bonchev–Trinajstić information content (AvgIpc) is 3.04. The van der Waals surface area contributed by atoms with Gasteiger partial charge in [0, 0.05) is 23.0 Å². The number of rotatable bonds is 6. The minimum Gasteiger partial charge on any atom is -0.492 e. The van der Waals surface area contributed by atoms with Gasteiger partial charge in [0.05, 0.1) is 6.54 Å². The zero-order valence-electron chi connectivity index (χ0n) is 12.3. The van der Waals surface area contributed by atoms with Crippen molar-refractivity contribution in [2.75, 3.05) is 18.5 Å². The molecular formula is C17H16ClFN2OS. The number of thiazole rings is 1. The number of halogens is 2. The molecule has 0 amide bonds. The lowest BCUT2D eigenvalue weighted by molar-refractivity contribution is 0.333. The molecule has 0 saturated heterocycles. The molecule has 6 heteroatoms. The van der Waals surface area contributed by atoms with Crippen LogP contribution in [0.15, 0.2) is 53.0 Å². The minimum atomic E-state index is -1.02. The van der Waals surface area contributed by atoms with Crippen molar-refractivity contribution in [2.45, 2.75) is 12.6 Å². The van der Waals surface area contributed by atoms with Gasteiger partial charge in [0.25, 0.3) is 0 Å². The van der Waals surface area contributed by atoms with Gasteiger partial charge in [-0.3, -0.25) is 0 Å². The van der Waals surface area contributed by atoms with Crippen LogP contribution in [-0.2, 0) is 0 Å². The summed E-state index contributed by atoms with van der Waals surface area (Å²) in [7, 11) is 0. The Morgan fingerprint density at radius 3 is 2.87 bits per heavy atom. The molecule has 1 heterocycles. The second kappa shape index (κ2) is 7.62. The first-order valence-electron chi connectivity index (χ1n) is 7.29. The van der Waals surface area contributed by atoms with Crippen LogP contribution in [0.3, 0.4) is 0 Å². The van der Waals surface area contributed by atoms with Gasteiger partial charge in [0.15, 0.2) is 5.13 Å². The topological polar surface area (TPSA) is 34.1 Å². The molecule has 0 spiro atoms. The van der Waals surface area contributed by atoms with Crippen molar-refractivity contribution < 1.29 is 9.13 Å². The van der Waals surface area contributed by atoms with Crippen LogP contribution in [0.5, 0.6) is 5.75 Å². The molecule has 1 atom stereocenters. The quantitative estimate of drug-likeness (QED) is 0.754. The van der Waals surface area contributed by atoms with Gasteiger partial charge in [-0.25, -0.2) is 9.37 Å². The number of nitrogens with one attached hydrogen (secondary N) is 1. The monoisotopic (exact) mass is 350 g/mol. The van der Waals surface area contributed by atoms with Gasteiger partial charge in [0.2, 0.25) is 0 Å². The second-order valence-corrected chi connectivity index (χ2v) is 6.41. The fraction of sp³-hybridized carbons (Fsp3) is 0.235. The van der Waals surface area contributed by atoms with E-state index >= 15 is 0 Å². The number of alkyl halides is 1. The van der Waals surface area contributed by atoms with E-state index in [-0.39, 0.29) is 0 Å². The predicted octanol–water partition coefficient (Wildman–Crippen LogP) is 4.88. The molecule has 0 saturated carbocycles. The Labute approximate surface area is 143 Å². The van der Waals surface area contributed by atoms with Gasteiger partial charge in [-0.2, -0.15) is 0 Å². The molecule has 2 aromatic rings. The van der Waals surface area contributed by atoms with E-state index in [0.29, 0.717) is 24.6 Å². The first kappa shape index (κ1) is 16.0. The highest BCUT2D eigenvalue weighted by atomic mass is 35.5. The van der Waals surface area contributed by atoms with Gasteiger partial charge in [0.1, 0.15) is 18.5 Å². The van der Waals surface area contributed by atoms with E-state index in [1.54, 1.807) is 17.5 Å². The molecule has 3 nitrogen and oxygen atoms in total. The Morgan fingerprint density at radius 1 is 1.35 bits per heavy atom. The number of hydrogen-bond donors (Lipinski definition) is 1. The third kappa shape index (κ3) is 4.56. The van der Waals surface area contributed by atoms with E-state index in [1.807, 2.05) is 35.7 Å². The first-order valence-corrected chi connectivity index (χ1v) is 8.55. The van der Waals surface area contributed by atoms with E-state index in [0.717, 1.165) is 22.0 Å². The second-order valence-electron chi connectivity index (χ2n) is 5.08. The van der Waals surface area contributed by atoms with Crippen molar-refractivity contribution in [2.24, 2.45) is 0 Å². The SMILES string of the molecule is FC1C=C(Cl)C=C(c2ccc(OCCNc3nccs3)cc2)C1. The minimum absolute atomic E-state index is 0.355. The van der Waals surface area contributed by atoms with E-state index in [9.17, 15) is 4.39 Å². The summed E-state index contributed by atoms with van der Waals surface area (Å²) < 4.78 is 19.2. The highest BCUT2D eigenvalue weighted by Gasteiger charge is 2.14. The Bertz CT molecular complexity index is 698. The summed E-state index contributed by atoms with van der Waals surface area (Å²) in [5.41, 5.74) is 1.87. The standard InChI is InChI=1S/C17H16ClFN2OS/c18-14-9-13(10-15(19)11-14)12-1-3-16(4-2-12)22-7-5-20-17-21-6-8-23-17/h1-4,6,8-9,11,15H,5,7,10H2,(H,20,21). The van der Waals surface area contributed by atoms with E-state index in [4.69, 9.17) is 16.3 Å². The van der Waals surface area contributed by atoms with Gasteiger partial charge in [-0.15, -0.1) is 11.3 Å². The molecule has 1 N–H and O–H groups in total. The maximum Gasteiger partial charge on any atom is 0.182 e. The summed E-state index contributed by atoms with van der Waals surface area (Å²) in [6.07, 6.45) is 4.34. The number of ether oxygens (including phenoxy) is 1. The Balaban J connectivity index is 1.52. The third-order valence-electron chi connectivity index (χ3n) is 3.37. The van der Waals surface area contributed by atoms with Crippen molar-refractivity contribution >= 4 is 33.6 Å². The van der Waals surface area contributed by atoms with Crippen LogP contribution in [-0.4, -0.2) is 24.3 Å². The van der Waals surface area contributed by atoms with Crippen molar-refractivity contribution in [3.8, 4) is 5.75 Å². The number of benzene rings is 1. The number of hydrogen-bond acceptors (Lipinski definition) is 4. The summed E-state index contributed by atoms with van der Waals surface area (Å²) in [5, 5.41) is 6.44. The Morgan fingerprint density at radius 2 is 2.17 bits per heavy atom. The van der Waals surface area contributed by atoms with Crippen LogP contribution in [0.4, 0.5) is 9.52 Å². The molecule has 0 aliphatic heterocycles. The number of aromatic nitrogens is 1. The summed E-state index contributed by atoms with van der Waals surface area (Å²) >= 11 is 7.48. The fourth-order valence-electron chi connectivity index (χ4n) is 2.32. The number of anilines is 1. The van der Waals surface area contributed by atoms with Crippen molar-refractivity contribution in [1.82, 2.24) is 4.98 Å². The number of nitrogens with zero attached hydrogens (tertiary/aromatic N) is 1. The molecule has 1 unspecified atom stereocenters. The fourth-order valence-corrected chi connectivity index (χ4v) is 3.15. The first-order chi connectivity index (χ1) is 11.2. The summed E-state index contributed by atoms with van der Waals surface area (Å²) in [4.78, 5) is 4.14. The maximum absolute atomic E-state index is 13.5. The smallest absolute Gasteiger partial charge is 0.182 e. The Kier molecular flexibility index (Phi) is 5.31. The van der Waals surface area contributed by atoms with Crippen molar-refractivity contribution in [3.63, 3.8) is 0 Å². The van der Waals surface area contributed by atoms with Crippen LogP contribution >= 0.6 is 22.9 Å². The van der Waals surface area contributed by atoms with Crippen molar-refractivity contribution in [1.29, 1.82) is 0 Å². The zero-order valence-corrected chi connectivity index (χ0v) is 13.9. The van der Waals surface area contributed by atoms with Crippen LogP contribution in [0.1, 0.15) is 12.0 Å². The Hall–Kier alpha value is -1.85. The van der Waals surface area contributed by atoms with E-state index in [2.05, 4.69) is 10.3 Å². The van der Waals surface area contributed by atoms with Crippen LogP contribution in [0, 0.1) is 0 Å². The molecule has 3 rings (SSSR count). The maximum atomic E-state index is 13.5. The summed E-state index contributed by atoms with van der Waals surface area (Å²) in [5.74, 6) is 0.782. The van der Waals surface area contributed by atoms with Gasteiger partial charge in [-0.05, 0) is 35.4 Å². The number of allylic oxidation sites excluding steroid dienone is 4. The van der Waals surface area contributed by atoms with Gasteiger partial charge < -0.3 is 10.1 Å². The summed E-state index contributed by atoms with van der Waals surface area (Å²) in [6, 6.07) is 7.63. The zero-order chi connectivity index (χ0) is 16.1. The molecular weight excluding hydrogens is 335 g/mol. The lowest BCUT2D eigenvalue weighted by Gasteiger charge is -2.15. The van der Waals surface area contributed by atoms with Crippen LogP contribution in [0.25, 0.3) is 5.57 Å². The van der Waals surface area contributed by atoms with Crippen LogP contribution < -0.4 is 10.1 Å². The van der Waals surface area contributed by atoms with Crippen molar-refractivity contribution in [3.05, 3.63) is 58.6 Å². The third-order valence-corrected chi connectivity index (χ3v) is 4.34. The average molecular weight is 351 g/mol. The molecule has 0 radical (unpaired) electrons. The largest absolute Gasteiger partial charge is 0.492 e. The van der Waals surface area contributed by atoms with E-state index < -0.39 is 6.17 Å². The van der Waals surface area contributed by atoms with Gasteiger partial charge in [-0.1, -0.05) is 23.7 Å². The predicted molar refractivity (Wildman–Crippen MR) is 94.0 cm³/mol. The molecule has 120 valence electrons. The van der Waals surface area contributed by atoms with Gasteiger partial charge >= 0.3 is 0 Å². The highest BCUT2D eigenvalue weighted by molar-refractivity contribution is 7.13. The molecule has 23 heavy (non-hydrogen) atoms. The molecule has 0 bridgehead atoms. The molecule has 0 fully saturated rings. The molecule has 1 aromatic heterocycles. The lowest BCUT2D eigenvalue weighted by atomic mass is 9.96. The normalized spacial score (nSPS) is 17.4. The van der Waals surface area contributed by atoms with Crippen LogP contribution in [0.2, 0.25) is 0 Å².